The number of aryl methyl sites for hydroxylation is 1. The maximum Gasteiger partial charge on any atom is 0.416 e. The van der Waals surface area contributed by atoms with Crippen molar-refractivity contribution in [2.24, 2.45) is 0 Å². The molecule has 0 bridgehead atoms. The Kier molecular flexibility index (Phi) is 7.21. The third kappa shape index (κ3) is 5.60. The molecule has 39 heavy (non-hydrogen) atoms. The van der Waals surface area contributed by atoms with Gasteiger partial charge in [0, 0.05) is 63.3 Å². The largest absolute Gasteiger partial charge is 0.416 e. The molecule has 0 spiro atoms. The molecule has 3 unspecified atom stereocenters. The first-order valence-corrected chi connectivity index (χ1v) is 13.5. The average molecular weight is 548 g/mol. The Morgan fingerprint density at radius 2 is 2.08 bits per heavy atom. The summed E-state index contributed by atoms with van der Waals surface area (Å²) in [5, 5.41) is 3.14. The van der Waals surface area contributed by atoms with Crippen LogP contribution in [0.15, 0.2) is 35.3 Å². The number of rotatable bonds is 6. The van der Waals surface area contributed by atoms with Crippen LogP contribution in [0.4, 0.5) is 13.2 Å². The van der Waals surface area contributed by atoms with E-state index in [0.717, 1.165) is 37.6 Å². The highest BCUT2D eigenvalue weighted by atomic mass is 19.4. The minimum absolute atomic E-state index is 0.0218. The second-order valence-corrected chi connectivity index (χ2v) is 10.8. The van der Waals surface area contributed by atoms with Gasteiger partial charge in [-0.05, 0) is 37.0 Å². The predicted octanol–water partition coefficient (Wildman–Crippen LogP) is 1.74. The van der Waals surface area contributed by atoms with Gasteiger partial charge in [0.25, 0.3) is 5.56 Å². The Morgan fingerprint density at radius 3 is 2.87 bits per heavy atom. The molecule has 4 aliphatic rings. The van der Waals surface area contributed by atoms with Crippen LogP contribution >= 0.6 is 0 Å². The van der Waals surface area contributed by atoms with Gasteiger partial charge >= 0.3 is 6.18 Å². The van der Waals surface area contributed by atoms with Crippen molar-refractivity contribution >= 4 is 5.91 Å². The average Bonchev–Trinajstić information content (AvgIpc) is 3.65. The summed E-state index contributed by atoms with van der Waals surface area (Å²) in [5.41, 5.74) is 0.783. The molecule has 0 aromatic carbocycles. The lowest BCUT2D eigenvalue weighted by atomic mass is 10.1. The fourth-order valence-corrected chi connectivity index (χ4v) is 6.25. The molecule has 12 heteroatoms. The van der Waals surface area contributed by atoms with E-state index in [1.165, 1.54) is 10.1 Å². The van der Waals surface area contributed by atoms with E-state index >= 15 is 0 Å². The molecule has 3 aliphatic heterocycles. The third-order valence-electron chi connectivity index (χ3n) is 8.24. The van der Waals surface area contributed by atoms with Crippen LogP contribution in [0.5, 0.6) is 0 Å². The quantitative estimate of drug-likeness (QED) is 0.590. The molecule has 9 nitrogen and oxygen atoms in total. The first kappa shape index (κ1) is 26.4. The normalized spacial score (nSPS) is 27.5. The number of alkyl halides is 3. The Balaban J connectivity index is 1.12. The van der Waals surface area contributed by atoms with E-state index in [2.05, 4.69) is 21.3 Å². The van der Waals surface area contributed by atoms with E-state index in [-0.39, 0.29) is 55.5 Å². The molecular weight excluding hydrogens is 515 g/mol. The van der Waals surface area contributed by atoms with Crippen molar-refractivity contribution in [1.29, 1.82) is 0 Å². The number of nitrogens with zero attached hydrogens (tertiary/aromatic N) is 4. The molecule has 4 atom stereocenters. The molecular formula is C27H32F3N5O4. The number of nitrogens with one attached hydrogen (secondary N) is 1. The lowest BCUT2D eigenvalue weighted by molar-refractivity contribution is -0.138. The molecule has 2 fully saturated rings. The zero-order valence-electron chi connectivity index (χ0n) is 21.5. The van der Waals surface area contributed by atoms with Crippen molar-refractivity contribution in [3.05, 3.63) is 63.3 Å². The number of likely N-dealkylation sites (tertiary alicyclic amines) is 1. The van der Waals surface area contributed by atoms with Gasteiger partial charge in [-0.1, -0.05) is 6.07 Å². The molecule has 210 valence electrons. The summed E-state index contributed by atoms with van der Waals surface area (Å²) in [6, 6.07) is 5.69. The highest BCUT2D eigenvalue weighted by Gasteiger charge is 2.41. The van der Waals surface area contributed by atoms with Crippen LogP contribution in [0.25, 0.3) is 0 Å². The van der Waals surface area contributed by atoms with Gasteiger partial charge in [-0.25, -0.2) is 0 Å². The summed E-state index contributed by atoms with van der Waals surface area (Å²) in [7, 11) is 0. The second-order valence-electron chi connectivity index (χ2n) is 10.8. The van der Waals surface area contributed by atoms with Gasteiger partial charge < -0.3 is 19.4 Å². The number of aromatic nitrogens is 2. The Morgan fingerprint density at radius 1 is 1.21 bits per heavy atom. The maximum absolute atomic E-state index is 13.2. The van der Waals surface area contributed by atoms with Crippen molar-refractivity contribution in [2.75, 3.05) is 39.4 Å². The van der Waals surface area contributed by atoms with Gasteiger partial charge in [-0.15, -0.1) is 0 Å². The standard InChI is InChI=1S/C27H32F3N5O4/c28-27(29,30)18-10-20-12-33(7-8-35(20)25(37)11-18)15-24(36)32-21-13-34(19-5-9-38-16-19)14-23(21)39-22-4-3-17-2-1-6-31-26(17)22/h1-2,6,10-11,19,21-23H,3-5,7-9,12-16H2,(H,32,36)/t19?,21?,22?,23-/m0/s1. The molecule has 5 heterocycles. The first-order valence-electron chi connectivity index (χ1n) is 13.5. The summed E-state index contributed by atoms with van der Waals surface area (Å²) in [6.07, 6.45) is -0.465. The minimum Gasteiger partial charge on any atom is -0.380 e. The van der Waals surface area contributed by atoms with Crippen LogP contribution < -0.4 is 10.9 Å². The Bertz CT molecular complexity index is 1280. The number of ether oxygens (including phenoxy) is 2. The van der Waals surface area contributed by atoms with Crippen LogP contribution in [0, 0.1) is 0 Å². The molecule has 6 rings (SSSR count). The first-order chi connectivity index (χ1) is 18.7. The van der Waals surface area contributed by atoms with Gasteiger partial charge in [0.2, 0.25) is 5.91 Å². The number of hydrogen-bond donors (Lipinski definition) is 1. The zero-order valence-corrected chi connectivity index (χ0v) is 21.5. The lowest BCUT2D eigenvalue weighted by Crippen LogP contribution is -2.49. The minimum atomic E-state index is -4.60. The highest BCUT2D eigenvalue weighted by Crippen LogP contribution is 2.35. The summed E-state index contributed by atoms with van der Waals surface area (Å²) in [6.45, 7) is 3.44. The molecule has 0 radical (unpaired) electrons. The lowest BCUT2D eigenvalue weighted by Gasteiger charge is -2.30. The molecule has 2 aromatic heterocycles. The van der Waals surface area contributed by atoms with Gasteiger partial charge in [0.15, 0.2) is 0 Å². The SMILES string of the molecule is O=C(CN1CCn2c(cc(C(F)(F)F)cc2=O)C1)NC1CN(C2CCOC2)C[C@@H]1OC1CCc2cccnc21. The monoisotopic (exact) mass is 547 g/mol. The summed E-state index contributed by atoms with van der Waals surface area (Å²) >= 11 is 0. The molecule has 2 aromatic rings. The van der Waals surface area contributed by atoms with Crippen molar-refractivity contribution in [3.63, 3.8) is 0 Å². The predicted molar refractivity (Wildman–Crippen MR) is 134 cm³/mol. The number of amides is 1. The summed E-state index contributed by atoms with van der Waals surface area (Å²) in [4.78, 5) is 34.0. The Hall–Kier alpha value is -2.80. The van der Waals surface area contributed by atoms with Gasteiger partial charge in [0.1, 0.15) is 6.10 Å². The van der Waals surface area contributed by atoms with Crippen molar-refractivity contribution < 1.29 is 27.4 Å². The summed E-state index contributed by atoms with van der Waals surface area (Å²) in [5.74, 6) is -0.217. The molecule has 1 N–H and O–H groups in total. The van der Waals surface area contributed by atoms with Crippen molar-refractivity contribution in [1.82, 2.24) is 24.7 Å². The van der Waals surface area contributed by atoms with Gasteiger partial charge in [-0.3, -0.25) is 24.4 Å². The fraction of sp³-hybridized carbons (Fsp3) is 0.593. The van der Waals surface area contributed by atoms with Crippen molar-refractivity contribution in [3.8, 4) is 0 Å². The van der Waals surface area contributed by atoms with E-state index < -0.39 is 17.3 Å². The van der Waals surface area contributed by atoms with Gasteiger partial charge in [0.05, 0.1) is 36.6 Å². The fourth-order valence-electron chi connectivity index (χ4n) is 6.25. The third-order valence-corrected chi connectivity index (χ3v) is 8.24. The topological polar surface area (TPSA) is 88.9 Å². The van der Waals surface area contributed by atoms with E-state index in [9.17, 15) is 22.8 Å². The molecule has 1 aliphatic carbocycles. The van der Waals surface area contributed by atoms with Crippen LogP contribution in [0.3, 0.4) is 0 Å². The number of carbonyl (C=O) groups is 1. The van der Waals surface area contributed by atoms with E-state index in [1.54, 1.807) is 11.1 Å². The molecule has 2 saturated heterocycles. The number of hydrogen-bond acceptors (Lipinski definition) is 7. The van der Waals surface area contributed by atoms with Crippen LogP contribution in [-0.2, 0) is 40.0 Å². The van der Waals surface area contributed by atoms with E-state index in [1.807, 2.05) is 6.07 Å². The van der Waals surface area contributed by atoms with E-state index in [4.69, 9.17) is 9.47 Å². The van der Waals surface area contributed by atoms with Crippen LogP contribution in [-0.4, -0.2) is 82.8 Å². The zero-order chi connectivity index (χ0) is 27.1. The second kappa shape index (κ2) is 10.6. The maximum atomic E-state index is 13.2. The number of carbonyl (C=O) groups excluding carboxylic acids is 1. The van der Waals surface area contributed by atoms with E-state index in [0.29, 0.717) is 32.3 Å². The smallest absolute Gasteiger partial charge is 0.380 e. The van der Waals surface area contributed by atoms with Crippen LogP contribution in [0.2, 0.25) is 0 Å². The van der Waals surface area contributed by atoms with Crippen molar-refractivity contribution in [2.45, 2.75) is 62.8 Å². The number of pyridine rings is 2. The molecule has 0 saturated carbocycles. The highest BCUT2D eigenvalue weighted by molar-refractivity contribution is 5.78. The van der Waals surface area contributed by atoms with Gasteiger partial charge in [-0.2, -0.15) is 13.2 Å². The Labute approximate surface area is 223 Å². The van der Waals surface area contributed by atoms with Crippen LogP contribution in [0.1, 0.15) is 41.5 Å². The number of fused-ring (bicyclic) bond motifs is 2. The number of halogens is 3. The summed E-state index contributed by atoms with van der Waals surface area (Å²) < 4.78 is 53.2. The molecule has 1 amide bonds.